The molecule has 1 aromatic heterocycles. The summed E-state index contributed by atoms with van der Waals surface area (Å²) >= 11 is 3.45. The molecule has 1 heterocycles. The van der Waals surface area contributed by atoms with Gasteiger partial charge in [0.2, 0.25) is 5.95 Å². The highest BCUT2D eigenvalue weighted by Crippen LogP contribution is 2.21. The van der Waals surface area contributed by atoms with Gasteiger partial charge in [0.05, 0.1) is 5.56 Å². The fraction of sp³-hybridized carbons (Fsp3) is 0.312. The topological polar surface area (TPSA) is 66.9 Å². The predicted octanol–water partition coefficient (Wildman–Crippen LogP) is 3.87. The number of nitrogens with one attached hydrogen (secondary N) is 2. The van der Waals surface area contributed by atoms with Gasteiger partial charge in [0, 0.05) is 29.1 Å². The van der Waals surface area contributed by atoms with Crippen molar-refractivity contribution >= 4 is 33.5 Å². The van der Waals surface area contributed by atoms with Crippen molar-refractivity contribution in [2.45, 2.75) is 20.8 Å². The number of carbonyl (C=O) groups excluding carboxylic acids is 1. The number of nitrogens with zero attached hydrogens (tertiary/aromatic N) is 2. The van der Waals surface area contributed by atoms with Gasteiger partial charge in [-0.1, -0.05) is 35.8 Å². The van der Waals surface area contributed by atoms with Crippen LogP contribution in [0.15, 0.2) is 35.1 Å². The first kappa shape index (κ1) is 16.4. The molecule has 0 aliphatic heterocycles. The average Bonchev–Trinajstić information content (AvgIpc) is 2.49. The van der Waals surface area contributed by atoms with Crippen LogP contribution in [0.25, 0.3) is 0 Å². The summed E-state index contributed by atoms with van der Waals surface area (Å²) in [5, 5.41) is 5.94. The third-order valence-corrected chi connectivity index (χ3v) is 3.87. The molecular formula is C16H19BrN4O. The van der Waals surface area contributed by atoms with Gasteiger partial charge in [-0.25, -0.2) is 9.97 Å². The summed E-state index contributed by atoms with van der Waals surface area (Å²) in [6, 6.07) is 5.67. The summed E-state index contributed by atoms with van der Waals surface area (Å²) in [6.07, 6.45) is 3.04. The van der Waals surface area contributed by atoms with Crippen molar-refractivity contribution in [3.63, 3.8) is 0 Å². The quantitative estimate of drug-likeness (QED) is 0.846. The number of rotatable bonds is 5. The van der Waals surface area contributed by atoms with Crippen LogP contribution in [0.1, 0.15) is 29.8 Å². The number of halogens is 1. The third kappa shape index (κ3) is 4.53. The van der Waals surface area contributed by atoms with Crippen LogP contribution < -0.4 is 10.6 Å². The van der Waals surface area contributed by atoms with E-state index in [1.807, 2.05) is 25.1 Å². The lowest BCUT2D eigenvalue weighted by molar-refractivity contribution is 0.102. The van der Waals surface area contributed by atoms with E-state index in [0.29, 0.717) is 17.4 Å². The summed E-state index contributed by atoms with van der Waals surface area (Å²) < 4.78 is 0.954. The Balaban J connectivity index is 2.01. The minimum Gasteiger partial charge on any atom is -0.354 e. The highest BCUT2D eigenvalue weighted by molar-refractivity contribution is 9.10. The molecule has 0 aliphatic carbocycles. The van der Waals surface area contributed by atoms with Crippen molar-refractivity contribution in [1.29, 1.82) is 0 Å². The van der Waals surface area contributed by atoms with Crippen molar-refractivity contribution in [2.24, 2.45) is 5.92 Å². The molecular weight excluding hydrogens is 344 g/mol. The van der Waals surface area contributed by atoms with Crippen LogP contribution in [0.5, 0.6) is 0 Å². The highest BCUT2D eigenvalue weighted by Gasteiger charge is 2.08. The normalized spacial score (nSPS) is 10.6. The first-order valence-electron chi connectivity index (χ1n) is 7.09. The summed E-state index contributed by atoms with van der Waals surface area (Å²) in [6.45, 7) is 7.00. The molecule has 0 aliphatic rings. The molecule has 0 radical (unpaired) electrons. The van der Waals surface area contributed by atoms with Crippen LogP contribution in [0, 0.1) is 12.8 Å². The Kier molecular flexibility index (Phi) is 5.49. The van der Waals surface area contributed by atoms with Crippen LogP contribution in [-0.4, -0.2) is 22.4 Å². The lowest BCUT2D eigenvalue weighted by Crippen LogP contribution is -2.14. The molecule has 0 unspecified atom stereocenters. The van der Waals surface area contributed by atoms with E-state index < -0.39 is 0 Å². The molecule has 0 fully saturated rings. The fourth-order valence-corrected chi connectivity index (χ4v) is 2.08. The molecule has 0 bridgehead atoms. The number of amides is 1. The highest BCUT2D eigenvalue weighted by atomic mass is 79.9. The summed E-state index contributed by atoms with van der Waals surface area (Å²) in [5.74, 6) is 0.807. The maximum absolute atomic E-state index is 12.2. The summed E-state index contributed by atoms with van der Waals surface area (Å²) in [5.41, 5.74) is 2.26. The maximum Gasteiger partial charge on any atom is 0.258 e. The van der Waals surface area contributed by atoms with E-state index >= 15 is 0 Å². The molecule has 116 valence electrons. The van der Waals surface area contributed by atoms with Crippen molar-refractivity contribution in [2.75, 3.05) is 17.2 Å². The lowest BCUT2D eigenvalue weighted by atomic mass is 10.2. The van der Waals surface area contributed by atoms with Crippen molar-refractivity contribution in [1.82, 2.24) is 9.97 Å². The molecule has 6 heteroatoms. The zero-order chi connectivity index (χ0) is 16.1. The first-order valence-corrected chi connectivity index (χ1v) is 7.88. The van der Waals surface area contributed by atoms with E-state index in [1.54, 1.807) is 0 Å². The second-order valence-corrected chi connectivity index (χ2v) is 6.34. The van der Waals surface area contributed by atoms with Gasteiger partial charge in [0.15, 0.2) is 0 Å². The molecule has 22 heavy (non-hydrogen) atoms. The first-order chi connectivity index (χ1) is 10.5. The zero-order valence-electron chi connectivity index (χ0n) is 12.9. The summed E-state index contributed by atoms with van der Waals surface area (Å²) in [7, 11) is 0. The standard InChI is InChI=1S/C16H19BrN4O/c1-10(2)7-18-16-19-8-12(9-20-16)15(22)21-13-5-4-11(3)14(17)6-13/h4-6,8-10H,7H2,1-3H3,(H,21,22)(H,18,19,20). The number of anilines is 2. The van der Waals surface area contributed by atoms with E-state index in [-0.39, 0.29) is 5.91 Å². The fourth-order valence-electron chi connectivity index (χ4n) is 1.71. The van der Waals surface area contributed by atoms with Gasteiger partial charge in [-0.3, -0.25) is 4.79 Å². The molecule has 1 amide bonds. The second-order valence-electron chi connectivity index (χ2n) is 5.49. The van der Waals surface area contributed by atoms with Crippen molar-refractivity contribution in [3.8, 4) is 0 Å². The van der Waals surface area contributed by atoms with Crippen LogP contribution in [-0.2, 0) is 0 Å². The number of benzene rings is 1. The van der Waals surface area contributed by atoms with Gasteiger partial charge in [0.25, 0.3) is 5.91 Å². The molecule has 1 aromatic carbocycles. The Hall–Kier alpha value is -1.95. The molecule has 0 spiro atoms. The Morgan fingerprint density at radius 1 is 1.27 bits per heavy atom. The smallest absolute Gasteiger partial charge is 0.258 e. The Morgan fingerprint density at radius 2 is 1.95 bits per heavy atom. The molecule has 0 saturated carbocycles. The molecule has 2 aromatic rings. The monoisotopic (exact) mass is 362 g/mol. The van der Waals surface area contributed by atoms with Gasteiger partial charge < -0.3 is 10.6 Å². The van der Waals surface area contributed by atoms with Crippen molar-refractivity contribution < 1.29 is 4.79 Å². The van der Waals surface area contributed by atoms with Gasteiger partial charge in [-0.05, 0) is 30.5 Å². The number of aryl methyl sites for hydroxylation is 1. The van der Waals surface area contributed by atoms with Gasteiger partial charge in [0.1, 0.15) is 0 Å². The second kappa shape index (κ2) is 7.35. The van der Waals surface area contributed by atoms with E-state index in [1.165, 1.54) is 12.4 Å². The largest absolute Gasteiger partial charge is 0.354 e. The molecule has 0 saturated heterocycles. The van der Waals surface area contributed by atoms with Gasteiger partial charge in [-0.15, -0.1) is 0 Å². The molecule has 2 N–H and O–H groups in total. The zero-order valence-corrected chi connectivity index (χ0v) is 14.4. The minimum atomic E-state index is -0.230. The minimum absolute atomic E-state index is 0.230. The Labute approximate surface area is 138 Å². The third-order valence-electron chi connectivity index (χ3n) is 3.01. The lowest BCUT2D eigenvalue weighted by Gasteiger charge is -2.08. The number of hydrogen-bond acceptors (Lipinski definition) is 4. The Morgan fingerprint density at radius 3 is 2.55 bits per heavy atom. The number of carbonyl (C=O) groups is 1. The van der Waals surface area contributed by atoms with E-state index in [2.05, 4.69) is 50.4 Å². The van der Waals surface area contributed by atoms with Crippen molar-refractivity contribution in [3.05, 3.63) is 46.2 Å². The predicted molar refractivity (Wildman–Crippen MR) is 92.2 cm³/mol. The SMILES string of the molecule is Cc1ccc(NC(=O)c2cnc(NCC(C)C)nc2)cc1Br. The van der Waals surface area contributed by atoms with E-state index in [4.69, 9.17) is 0 Å². The maximum atomic E-state index is 12.2. The Bertz CT molecular complexity index is 656. The van der Waals surface area contributed by atoms with E-state index in [0.717, 1.165) is 22.3 Å². The van der Waals surface area contributed by atoms with Gasteiger partial charge in [-0.2, -0.15) is 0 Å². The number of aromatic nitrogens is 2. The summed E-state index contributed by atoms with van der Waals surface area (Å²) in [4.78, 5) is 20.5. The van der Waals surface area contributed by atoms with Crippen LogP contribution in [0.2, 0.25) is 0 Å². The molecule has 0 atom stereocenters. The average molecular weight is 363 g/mol. The molecule has 2 rings (SSSR count). The van der Waals surface area contributed by atoms with Crippen LogP contribution in [0.3, 0.4) is 0 Å². The van der Waals surface area contributed by atoms with E-state index in [9.17, 15) is 4.79 Å². The molecule has 5 nitrogen and oxygen atoms in total. The van der Waals surface area contributed by atoms with Crippen LogP contribution >= 0.6 is 15.9 Å². The number of hydrogen-bond donors (Lipinski definition) is 2. The van der Waals surface area contributed by atoms with Gasteiger partial charge >= 0.3 is 0 Å². The van der Waals surface area contributed by atoms with Crippen LogP contribution in [0.4, 0.5) is 11.6 Å².